The van der Waals surface area contributed by atoms with E-state index in [1.165, 1.54) is 22.9 Å². The maximum Gasteiger partial charge on any atom is 0.282 e. The highest BCUT2D eigenvalue weighted by molar-refractivity contribution is 14.1. The van der Waals surface area contributed by atoms with Gasteiger partial charge in [0.1, 0.15) is 17.4 Å². The Morgan fingerprint density at radius 2 is 1.94 bits per heavy atom. The summed E-state index contributed by atoms with van der Waals surface area (Å²) >= 11 is 7.63. The van der Waals surface area contributed by atoms with E-state index in [1.807, 2.05) is 25.1 Å². The molecule has 4 aromatic rings. The van der Waals surface area contributed by atoms with Gasteiger partial charge in [0, 0.05) is 16.6 Å². The van der Waals surface area contributed by atoms with Crippen LogP contribution in [0.4, 0.5) is 10.1 Å². The van der Waals surface area contributed by atoms with E-state index in [0.29, 0.717) is 34.6 Å². The van der Waals surface area contributed by atoms with Crippen LogP contribution in [-0.2, 0) is 11.2 Å². The van der Waals surface area contributed by atoms with E-state index < -0.39 is 11.7 Å². The Morgan fingerprint density at radius 3 is 2.64 bits per heavy atom. The van der Waals surface area contributed by atoms with Gasteiger partial charge in [-0.2, -0.15) is 9.78 Å². The van der Waals surface area contributed by atoms with Crippen LogP contribution >= 0.6 is 61.1 Å². The topological polar surface area (TPSA) is 85.6 Å². The zero-order valence-electron chi connectivity index (χ0n) is 18.8. The molecule has 0 spiro atoms. The first-order chi connectivity index (χ1) is 17.2. The third-order valence-electron chi connectivity index (χ3n) is 4.99. The van der Waals surface area contributed by atoms with Crippen LogP contribution in [0.2, 0.25) is 0 Å². The van der Waals surface area contributed by atoms with Crippen LogP contribution in [0.25, 0.3) is 10.9 Å². The molecule has 36 heavy (non-hydrogen) atoms. The average Bonchev–Trinajstić information content (AvgIpc) is 2.83. The van der Waals surface area contributed by atoms with Gasteiger partial charge in [-0.3, -0.25) is 9.59 Å². The Kier molecular flexibility index (Phi) is 8.72. The summed E-state index contributed by atoms with van der Waals surface area (Å²) in [5.74, 6) is 0.265. The molecule has 7 nitrogen and oxygen atoms in total. The molecule has 0 aliphatic rings. The number of rotatable bonds is 7. The predicted molar refractivity (Wildman–Crippen MR) is 158 cm³/mol. The second-order valence-corrected chi connectivity index (χ2v) is 10.8. The fourth-order valence-corrected chi connectivity index (χ4v) is 5.85. The molecule has 1 heterocycles. The number of nitrogens with one attached hydrogen (secondary N) is 1. The summed E-state index contributed by atoms with van der Waals surface area (Å²) < 4.78 is 22.7. The largest absolute Gasteiger partial charge is 0.482 e. The Bertz CT molecular complexity index is 1540. The molecule has 0 saturated carbocycles. The molecule has 0 bridgehead atoms. The van der Waals surface area contributed by atoms with Crippen molar-refractivity contribution in [2.24, 2.45) is 5.10 Å². The molecule has 11 heteroatoms. The summed E-state index contributed by atoms with van der Waals surface area (Å²) in [5.41, 5.74) is 1.49. The van der Waals surface area contributed by atoms with Crippen LogP contribution in [0.1, 0.15) is 18.3 Å². The van der Waals surface area contributed by atoms with Gasteiger partial charge in [0.15, 0.2) is 6.61 Å². The zero-order chi connectivity index (χ0) is 25.8. The fraction of sp³-hybridized carbons (Fsp3) is 0.120. The van der Waals surface area contributed by atoms with Crippen molar-refractivity contribution in [2.45, 2.75) is 13.3 Å². The van der Waals surface area contributed by atoms with Crippen molar-refractivity contribution in [1.29, 1.82) is 0 Å². The highest BCUT2D eigenvalue weighted by Crippen LogP contribution is 2.28. The number of benzene rings is 3. The minimum absolute atomic E-state index is 0.233. The lowest BCUT2D eigenvalue weighted by Crippen LogP contribution is -2.22. The minimum atomic E-state index is -0.435. The summed E-state index contributed by atoms with van der Waals surface area (Å²) in [6.07, 6.45) is 2.13. The van der Waals surface area contributed by atoms with Gasteiger partial charge in [-0.25, -0.2) is 9.37 Å². The van der Waals surface area contributed by atoms with Crippen molar-refractivity contribution in [3.8, 4) is 5.75 Å². The molecular weight excluding hydrogens is 757 g/mol. The van der Waals surface area contributed by atoms with Gasteiger partial charge in [-0.15, -0.1) is 0 Å². The number of carbonyl (C=O) groups is 1. The van der Waals surface area contributed by atoms with Crippen LogP contribution in [-0.4, -0.2) is 28.4 Å². The van der Waals surface area contributed by atoms with E-state index in [-0.39, 0.29) is 12.2 Å². The van der Waals surface area contributed by atoms with E-state index in [1.54, 1.807) is 24.4 Å². The van der Waals surface area contributed by atoms with Gasteiger partial charge in [-0.05, 0) is 99.3 Å². The normalized spacial score (nSPS) is 11.2. The second-order valence-electron chi connectivity index (χ2n) is 7.57. The van der Waals surface area contributed by atoms with Crippen LogP contribution < -0.4 is 15.6 Å². The summed E-state index contributed by atoms with van der Waals surface area (Å²) in [4.78, 5) is 29.9. The smallest absolute Gasteiger partial charge is 0.282 e. The molecule has 4 rings (SSSR count). The van der Waals surface area contributed by atoms with Crippen molar-refractivity contribution in [2.75, 3.05) is 11.9 Å². The molecule has 0 saturated heterocycles. The highest BCUT2D eigenvalue weighted by atomic mass is 127. The van der Waals surface area contributed by atoms with E-state index in [9.17, 15) is 14.0 Å². The number of amides is 1. The molecule has 184 valence electrons. The second kappa shape index (κ2) is 11.8. The third-order valence-corrected chi connectivity index (χ3v) is 7.09. The number of carbonyl (C=O) groups excluding carboxylic acids is 1. The number of hydrogen-bond donors (Lipinski definition) is 1. The standard InChI is InChI=1S/C25H18BrFI2N4O3/c1-2-22-32-21-7-6-15(26)10-18(21)25(35)33(22)30-12-14-8-19(28)24(20(29)9-14)36-13-23(34)31-17-5-3-4-16(27)11-17/h3-12H,2,13H2,1H3,(H,31,34). The fourth-order valence-electron chi connectivity index (χ4n) is 3.36. The number of anilines is 1. The van der Waals surface area contributed by atoms with Crippen molar-refractivity contribution in [3.05, 3.63) is 93.8 Å². The SMILES string of the molecule is CCc1nc2ccc(Br)cc2c(=O)n1N=Cc1cc(I)c(OCC(=O)Nc2cccc(F)c2)c(I)c1. The minimum Gasteiger partial charge on any atom is -0.482 e. The van der Waals surface area contributed by atoms with Gasteiger partial charge in [-0.1, -0.05) is 28.9 Å². The molecule has 0 radical (unpaired) electrons. The molecule has 1 N–H and O–H groups in total. The lowest BCUT2D eigenvalue weighted by molar-refractivity contribution is -0.118. The Balaban J connectivity index is 1.53. The van der Waals surface area contributed by atoms with Crippen molar-refractivity contribution in [3.63, 3.8) is 0 Å². The Hall–Kier alpha value is -2.39. The zero-order valence-corrected chi connectivity index (χ0v) is 24.7. The number of nitrogens with zero attached hydrogens (tertiary/aromatic N) is 3. The molecule has 0 unspecified atom stereocenters. The summed E-state index contributed by atoms with van der Waals surface area (Å²) in [6, 6.07) is 14.7. The number of hydrogen-bond acceptors (Lipinski definition) is 5. The highest BCUT2D eigenvalue weighted by Gasteiger charge is 2.13. The van der Waals surface area contributed by atoms with Crippen LogP contribution in [0.3, 0.4) is 0 Å². The van der Waals surface area contributed by atoms with Crippen LogP contribution in [0.5, 0.6) is 5.75 Å². The van der Waals surface area contributed by atoms with Gasteiger partial charge < -0.3 is 10.1 Å². The first-order valence-electron chi connectivity index (χ1n) is 10.7. The van der Waals surface area contributed by atoms with Gasteiger partial charge in [0.05, 0.1) is 24.3 Å². The Morgan fingerprint density at radius 1 is 1.19 bits per heavy atom. The average molecular weight is 775 g/mol. The number of ether oxygens (including phenoxy) is 1. The first-order valence-corrected chi connectivity index (χ1v) is 13.6. The molecular formula is C25H18BrFI2N4O3. The van der Waals surface area contributed by atoms with Crippen LogP contribution in [0, 0.1) is 13.0 Å². The first kappa shape index (κ1) is 26.7. The predicted octanol–water partition coefficient (Wildman–Crippen LogP) is 5.97. The molecule has 1 amide bonds. The van der Waals surface area contributed by atoms with Crippen molar-refractivity contribution in [1.82, 2.24) is 9.66 Å². The molecule has 0 fully saturated rings. The Labute approximate surface area is 241 Å². The van der Waals surface area contributed by atoms with E-state index in [2.05, 4.69) is 76.5 Å². The number of aromatic nitrogens is 2. The lowest BCUT2D eigenvalue weighted by atomic mass is 10.2. The number of halogens is 4. The number of fused-ring (bicyclic) bond motifs is 1. The van der Waals surface area contributed by atoms with Gasteiger partial charge in [0.2, 0.25) is 0 Å². The van der Waals surface area contributed by atoms with E-state index >= 15 is 0 Å². The molecule has 1 aromatic heterocycles. The molecule has 0 atom stereocenters. The quantitative estimate of drug-likeness (QED) is 0.186. The monoisotopic (exact) mass is 774 g/mol. The maximum absolute atomic E-state index is 13.3. The lowest BCUT2D eigenvalue weighted by Gasteiger charge is -2.12. The maximum atomic E-state index is 13.3. The summed E-state index contributed by atoms with van der Waals surface area (Å²) in [5, 5.41) is 7.50. The summed E-state index contributed by atoms with van der Waals surface area (Å²) in [7, 11) is 0. The molecule has 3 aromatic carbocycles. The van der Waals surface area contributed by atoms with Gasteiger partial charge >= 0.3 is 0 Å². The summed E-state index contributed by atoms with van der Waals surface area (Å²) in [6.45, 7) is 1.68. The van der Waals surface area contributed by atoms with Crippen molar-refractivity contribution < 1.29 is 13.9 Å². The van der Waals surface area contributed by atoms with Gasteiger partial charge in [0.25, 0.3) is 11.5 Å². The van der Waals surface area contributed by atoms with Crippen molar-refractivity contribution >= 4 is 89.8 Å². The van der Waals surface area contributed by atoms with E-state index in [0.717, 1.165) is 17.2 Å². The van der Waals surface area contributed by atoms with E-state index in [4.69, 9.17) is 4.74 Å². The molecule has 0 aliphatic heterocycles. The number of aryl methyl sites for hydroxylation is 1. The third kappa shape index (κ3) is 6.29. The van der Waals surface area contributed by atoms with Crippen LogP contribution in [0.15, 0.2) is 69.0 Å². The molecule has 0 aliphatic carbocycles.